The van der Waals surface area contributed by atoms with Crippen LogP contribution in [0.2, 0.25) is 5.02 Å². The van der Waals surface area contributed by atoms with Gasteiger partial charge in [-0.3, -0.25) is 4.79 Å². The molecule has 5 nitrogen and oxygen atoms in total. The van der Waals surface area contributed by atoms with Crippen LogP contribution in [0.15, 0.2) is 33.9 Å². The van der Waals surface area contributed by atoms with Gasteiger partial charge in [-0.2, -0.15) is 0 Å². The maximum atomic E-state index is 11.5. The predicted octanol–water partition coefficient (Wildman–Crippen LogP) is 2.76. The third-order valence-electron chi connectivity index (χ3n) is 2.77. The molecule has 2 aromatic rings. The van der Waals surface area contributed by atoms with Crippen molar-refractivity contribution in [3.8, 4) is 11.5 Å². The average molecular weight is 310 g/mol. The summed E-state index contributed by atoms with van der Waals surface area (Å²) in [5, 5.41) is 11.8. The normalized spacial score (nSPS) is 14.2. The number of carbonyl (C=O) groups is 1. The van der Waals surface area contributed by atoms with Crippen LogP contribution in [0.1, 0.15) is 12.8 Å². The van der Waals surface area contributed by atoms with Gasteiger partial charge < -0.3 is 9.73 Å². The molecule has 3 rings (SSSR count). The van der Waals surface area contributed by atoms with Gasteiger partial charge in [0.05, 0.1) is 5.75 Å². The summed E-state index contributed by atoms with van der Waals surface area (Å²) in [6.45, 7) is 0. The van der Waals surface area contributed by atoms with Crippen molar-refractivity contribution in [2.75, 3.05) is 5.75 Å². The molecule has 1 amide bonds. The summed E-state index contributed by atoms with van der Waals surface area (Å²) in [6.07, 6.45) is 2.16. The average Bonchev–Trinajstić information content (AvgIpc) is 3.12. The topological polar surface area (TPSA) is 68.0 Å². The zero-order valence-corrected chi connectivity index (χ0v) is 12.1. The maximum Gasteiger partial charge on any atom is 0.277 e. The number of nitrogens with one attached hydrogen (secondary N) is 1. The van der Waals surface area contributed by atoms with Crippen LogP contribution in [0.4, 0.5) is 0 Å². The second-order valence-electron chi connectivity index (χ2n) is 4.51. The fourth-order valence-corrected chi connectivity index (χ4v) is 2.30. The second kappa shape index (κ2) is 5.85. The molecule has 1 N–H and O–H groups in total. The van der Waals surface area contributed by atoms with Gasteiger partial charge in [-0.25, -0.2) is 0 Å². The van der Waals surface area contributed by atoms with Crippen LogP contribution in [0.25, 0.3) is 11.5 Å². The van der Waals surface area contributed by atoms with E-state index in [2.05, 4.69) is 15.5 Å². The molecular weight excluding hydrogens is 298 g/mol. The lowest BCUT2D eigenvalue weighted by Crippen LogP contribution is -2.26. The third-order valence-corrected chi connectivity index (χ3v) is 3.84. The van der Waals surface area contributed by atoms with E-state index in [4.69, 9.17) is 16.0 Å². The number of nitrogens with zero attached hydrogens (tertiary/aromatic N) is 2. The van der Waals surface area contributed by atoms with Crippen molar-refractivity contribution in [1.82, 2.24) is 15.5 Å². The zero-order valence-electron chi connectivity index (χ0n) is 10.5. The van der Waals surface area contributed by atoms with Gasteiger partial charge in [-0.1, -0.05) is 23.4 Å². The standard InChI is InChI=1S/C13H12ClN3O2S/c14-9-3-1-8(2-4-9)12-16-17-13(19-12)20-7-11(18)15-10-5-6-10/h1-4,10H,5-7H2,(H,15,18). The van der Waals surface area contributed by atoms with Crippen LogP contribution in [0, 0.1) is 0 Å². The molecule has 1 aliphatic rings. The largest absolute Gasteiger partial charge is 0.411 e. The molecule has 20 heavy (non-hydrogen) atoms. The van der Waals surface area contributed by atoms with Crippen molar-refractivity contribution in [1.29, 1.82) is 0 Å². The number of carbonyl (C=O) groups excluding carboxylic acids is 1. The van der Waals surface area contributed by atoms with E-state index < -0.39 is 0 Å². The van der Waals surface area contributed by atoms with Crippen LogP contribution in [-0.2, 0) is 4.79 Å². The minimum atomic E-state index is 0.00347. The van der Waals surface area contributed by atoms with Gasteiger partial charge in [0.1, 0.15) is 0 Å². The summed E-state index contributed by atoms with van der Waals surface area (Å²) in [6, 6.07) is 7.51. The van der Waals surface area contributed by atoms with Crippen molar-refractivity contribution in [2.45, 2.75) is 24.1 Å². The monoisotopic (exact) mass is 309 g/mol. The molecule has 0 aliphatic heterocycles. The van der Waals surface area contributed by atoms with Crippen molar-refractivity contribution in [2.24, 2.45) is 0 Å². The van der Waals surface area contributed by atoms with E-state index in [9.17, 15) is 4.79 Å². The van der Waals surface area contributed by atoms with E-state index in [-0.39, 0.29) is 5.91 Å². The number of aromatic nitrogens is 2. The summed E-state index contributed by atoms with van der Waals surface area (Å²) in [5.74, 6) is 0.717. The third kappa shape index (κ3) is 3.52. The summed E-state index contributed by atoms with van der Waals surface area (Å²) in [7, 11) is 0. The van der Waals surface area contributed by atoms with Crippen molar-refractivity contribution in [3.63, 3.8) is 0 Å². The van der Waals surface area contributed by atoms with Gasteiger partial charge in [0.25, 0.3) is 5.22 Å². The molecule has 1 fully saturated rings. The fraction of sp³-hybridized carbons (Fsp3) is 0.308. The number of benzene rings is 1. The van der Waals surface area contributed by atoms with Crippen LogP contribution >= 0.6 is 23.4 Å². The Morgan fingerprint density at radius 2 is 2.10 bits per heavy atom. The van der Waals surface area contributed by atoms with Gasteiger partial charge in [0, 0.05) is 16.6 Å². The molecule has 1 saturated carbocycles. The van der Waals surface area contributed by atoms with Gasteiger partial charge in [-0.15, -0.1) is 10.2 Å². The Morgan fingerprint density at radius 3 is 2.80 bits per heavy atom. The molecule has 7 heteroatoms. The highest BCUT2D eigenvalue weighted by Gasteiger charge is 2.23. The lowest BCUT2D eigenvalue weighted by Gasteiger charge is -1.99. The SMILES string of the molecule is O=C(CSc1nnc(-c2ccc(Cl)cc2)o1)NC1CC1. The Balaban J connectivity index is 1.58. The van der Waals surface area contributed by atoms with Gasteiger partial charge in [0.2, 0.25) is 11.8 Å². The van der Waals surface area contributed by atoms with Crippen LogP contribution in [0.3, 0.4) is 0 Å². The van der Waals surface area contributed by atoms with Crippen LogP contribution in [0.5, 0.6) is 0 Å². The maximum absolute atomic E-state index is 11.5. The first-order valence-electron chi connectivity index (χ1n) is 6.22. The Labute approximate surface area is 125 Å². The fourth-order valence-electron chi connectivity index (χ4n) is 1.60. The van der Waals surface area contributed by atoms with Crippen molar-refractivity contribution >= 4 is 29.3 Å². The Hall–Kier alpha value is -1.53. The van der Waals surface area contributed by atoms with E-state index in [0.717, 1.165) is 18.4 Å². The molecule has 104 valence electrons. The highest BCUT2D eigenvalue weighted by atomic mass is 35.5. The molecule has 1 heterocycles. The molecule has 0 unspecified atom stereocenters. The van der Waals surface area contributed by atoms with Crippen LogP contribution < -0.4 is 5.32 Å². The first-order valence-corrected chi connectivity index (χ1v) is 7.59. The number of halogens is 1. The van der Waals surface area contributed by atoms with Gasteiger partial charge >= 0.3 is 0 Å². The molecular formula is C13H12ClN3O2S. The smallest absolute Gasteiger partial charge is 0.277 e. The highest BCUT2D eigenvalue weighted by molar-refractivity contribution is 7.99. The lowest BCUT2D eigenvalue weighted by molar-refractivity contribution is -0.118. The minimum Gasteiger partial charge on any atom is -0.411 e. The Morgan fingerprint density at radius 1 is 1.35 bits per heavy atom. The lowest BCUT2D eigenvalue weighted by atomic mass is 10.2. The summed E-state index contributed by atoms with van der Waals surface area (Å²) >= 11 is 7.06. The molecule has 0 spiro atoms. The van der Waals surface area contributed by atoms with Crippen molar-refractivity contribution in [3.05, 3.63) is 29.3 Å². The number of thioether (sulfide) groups is 1. The molecule has 0 bridgehead atoms. The quantitative estimate of drug-likeness (QED) is 0.860. The molecule has 0 atom stereocenters. The first-order chi connectivity index (χ1) is 9.70. The summed E-state index contributed by atoms with van der Waals surface area (Å²) < 4.78 is 5.50. The predicted molar refractivity (Wildman–Crippen MR) is 76.6 cm³/mol. The molecule has 1 aromatic carbocycles. The van der Waals surface area contributed by atoms with E-state index in [1.54, 1.807) is 12.1 Å². The molecule has 1 aromatic heterocycles. The minimum absolute atomic E-state index is 0.00347. The molecule has 1 aliphatic carbocycles. The zero-order chi connectivity index (χ0) is 13.9. The van der Waals surface area contributed by atoms with E-state index in [1.807, 2.05) is 12.1 Å². The number of amides is 1. The van der Waals surface area contributed by atoms with Gasteiger partial charge in [-0.05, 0) is 37.1 Å². The second-order valence-corrected chi connectivity index (χ2v) is 5.87. The first kappa shape index (κ1) is 13.5. The van der Waals surface area contributed by atoms with E-state index in [0.29, 0.717) is 27.9 Å². The highest BCUT2D eigenvalue weighted by Crippen LogP contribution is 2.24. The summed E-state index contributed by atoms with van der Waals surface area (Å²) in [4.78, 5) is 11.5. The Bertz CT molecular complexity index is 610. The van der Waals surface area contributed by atoms with Crippen molar-refractivity contribution < 1.29 is 9.21 Å². The van der Waals surface area contributed by atoms with E-state index >= 15 is 0 Å². The molecule has 0 saturated heterocycles. The van der Waals surface area contributed by atoms with E-state index in [1.165, 1.54) is 11.8 Å². The number of hydrogen-bond acceptors (Lipinski definition) is 5. The van der Waals surface area contributed by atoms with Crippen LogP contribution in [-0.4, -0.2) is 27.9 Å². The number of rotatable bonds is 5. The Kier molecular flexibility index (Phi) is 3.93. The molecule has 0 radical (unpaired) electrons. The van der Waals surface area contributed by atoms with Gasteiger partial charge in [0.15, 0.2) is 0 Å². The number of hydrogen-bond donors (Lipinski definition) is 1. The summed E-state index contributed by atoms with van der Waals surface area (Å²) in [5.41, 5.74) is 0.802.